The number of para-hydroxylation sites is 1. The maximum Gasteiger partial charge on any atom is 0.244 e. The summed E-state index contributed by atoms with van der Waals surface area (Å²) in [6, 6.07) is 22.0. The summed E-state index contributed by atoms with van der Waals surface area (Å²) in [5.74, 6) is 0.344. The molecule has 0 fully saturated rings. The molecular formula is C27H26FN3O2. The number of amides is 1. The van der Waals surface area contributed by atoms with Crippen LogP contribution in [0.4, 0.5) is 4.39 Å². The largest absolute Gasteiger partial charge is 0.494 e. The number of carbonyl (C=O) groups excluding carboxylic acids is 1. The number of hydrogen-bond donors (Lipinski definition) is 1. The van der Waals surface area contributed by atoms with E-state index in [-0.39, 0.29) is 18.1 Å². The molecule has 3 aromatic carbocycles. The third-order valence-electron chi connectivity index (χ3n) is 5.52. The van der Waals surface area contributed by atoms with Gasteiger partial charge in [-0.3, -0.25) is 4.79 Å². The van der Waals surface area contributed by atoms with Crippen LogP contribution in [0.5, 0.6) is 5.75 Å². The lowest BCUT2D eigenvalue weighted by Gasteiger charge is -2.08. The molecule has 5 nitrogen and oxygen atoms in total. The molecule has 1 N–H and O–H groups in total. The van der Waals surface area contributed by atoms with Crippen molar-refractivity contribution in [2.45, 2.75) is 26.8 Å². The molecule has 0 unspecified atom stereocenters. The third-order valence-corrected chi connectivity index (χ3v) is 5.52. The molecule has 0 aliphatic carbocycles. The summed E-state index contributed by atoms with van der Waals surface area (Å²) in [6.45, 7) is 5.17. The van der Waals surface area contributed by atoms with E-state index in [1.54, 1.807) is 18.3 Å². The highest BCUT2D eigenvalue weighted by molar-refractivity contribution is 6.01. The van der Waals surface area contributed by atoms with Gasteiger partial charge in [-0.2, -0.15) is 5.10 Å². The molecule has 4 rings (SSSR count). The molecule has 33 heavy (non-hydrogen) atoms. The Morgan fingerprint density at radius 1 is 1.03 bits per heavy atom. The lowest BCUT2D eigenvalue weighted by Crippen LogP contribution is -2.19. The Balaban J connectivity index is 1.49. The van der Waals surface area contributed by atoms with E-state index in [2.05, 4.69) is 15.1 Å². The molecular weight excluding hydrogens is 417 g/mol. The van der Waals surface area contributed by atoms with E-state index < -0.39 is 0 Å². The van der Waals surface area contributed by atoms with Crippen molar-refractivity contribution >= 4 is 23.0 Å². The SMILES string of the molecule is CCOc1ccc(CC(=O)N/N=C\c2c(C)n(Cc3ccc(F)cc3)c3ccccc23)cc1. The first kappa shape index (κ1) is 22.3. The van der Waals surface area contributed by atoms with Crippen molar-refractivity contribution in [1.82, 2.24) is 9.99 Å². The number of benzene rings is 3. The van der Waals surface area contributed by atoms with Crippen LogP contribution in [0.25, 0.3) is 10.9 Å². The van der Waals surface area contributed by atoms with Gasteiger partial charge >= 0.3 is 0 Å². The van der Waals surface area contributed by atoms with Crippen LogP contribution >= 0.6 is 0 Å². The molecule has 0 aliphatic heterocycles. The number of ether oxygens (including phenoxy) is 1. The summed E-state index contributed by atoms with van der Waals surface area (Å²) in [4.78, 5) is 12.3. The molecule has 0 radical (unpaired) electrons. The molecule has 168 valence electrons. The number of carbonyl (C=O) groups is 1. The number of hydrazone groups is 1. The summed E-state index contributed by atoms with van der Waals surface area (Å²) in [5, 5.41) is 5.26. The second kappa shape index (κ2) is 10.1. The number of halogens is 1. The first-order valence-corrected chi connectivity index (χ1v) is 10.9. The van der Waals surface area contributed by atoms with Gasteiger partial charge in [0, 0.05) is 28.7 Å². The first-order chi connectivity index (χ1) is 16.0. The predicted molar refractivity (Wildman–Crippen MR) is 129 cm³/mol. The summed E-state index contributed by atoms with van der Waals surface area (Å²) in [6.07, 6.45) is 1.92. The van der Waals surface area contributed by atoms with Crippen LogP contribution in [0.3, 0.4) is 0 Å². The van der Waals surface area contributed by atoms with Crippen molar-refractivity contribution in [3.8, 4) is 5.75 Å². The van der Waals surface area contributed by atoms with E-state index in [0.717, 1.165) is 39.0 Å². The van der Waals surface area contributed by atoms with Crippen molar-refractivity contribution in [1.29, 1.82) is 0 Å². The van der Waals surface area contributed by atoms with Gasteiger partial charge in [-0.1, -0.05) is 42.5 Å². The maximum absolute atomic E-state index is 13.3. The number of nitrogens with one attached hydrogen (secondary N) is 1. The van der Waals surface area contributed by atoms with Crippen LogP contribution in [0.15, 0.2) is 77.9 Å². The highest BCUT2D eigenvalue weighted by Crippen LogP contribution is 2.25. The van der Waals surface area contributed by atoms with Crippen molar-refractivity contribution in [3.63, 3.8) is 0 Å². The van der Waals surface area contributed by atoms with Crippen molar-refractivity contribution in [2.24, 2.45) is 5.10 Å². The van der Waals surface area contributed by atoms with Crippen molar-refractivity contribution in [2.75, 3.05) is 6.61 Å². The molecule has 0 atom stereocenters. The van der Waals surface area contributed by atoms with E-state index in [0.29, 0.717) is 13.2 Å². The standard InChI is InChI=1S/C27H26FN3O2/c1-3-33-23-14-10-20(11-15-23)16-27(32)30-29-17-25-19(2)31(26-7-5-4-6-24(25)26)18-21-8-12-22(28)13-9-21/h4-15,17H,3,16,18H2,1-2H3,(H,30,32)/b29-17-. The van der Waals surface area contributed by atoms with Crippen LogP contribution in [0.1, 0.15) is 29.3 Å². The van der Waals surface area contributed by atoms with Gasteiger partial charge in [0.1, 0.15) is 11.6 Å². The Morgan fingerprint density at radius 2 is 1.73 bits per heavy atom. The zero-order valence-electron chi connectivity index (χ0n) is 18.7. The molecule has 0 bridgehead atoms. The molecule has 0 saturated heterocycles. The van der Waals surface area contributed by atoms with Gasteiger partial charge in [-0.05, 0) is 55.3 Å². The van der Waals surface area contributed by atoms with Crippen LogP contribution in [0.2, 0.25) is 0 Å². The Hall–Kier alpha value is -3.93. The fourth-order valence-corrected chi connectivity index (χ4v) is 3.86. The average Bonchev–Trinajstić information content (AvgIpc) is 3.08. The quantitative estimate of drug-likeness (QED) is 0.300. The minimum Gasteiger partial charge on any atom is -0.494 e. The van der Waals surface area contributed by atoms with Gasteiger partial charge in [-0.25, -0.2) is 9.82 Å². The normalized spacial score (nSPS) is 11.2. The Morgan fingerprint density at radius 3 is 2.45 bits per heavy atom. The maximum atomic E-state index is 13.3. The first-order valence-electron chi connectivity index (χ1n) is 10.9. The zero-order valence-corrected chi connectivity index (χ0v) is 18.7. The molecule has 1 amide bonds. The van der Waals surface area contributed by atoms with Gasteiger partial charge in [0.2, 0.25) is 5.91 Å². The second-order valence-electron chi connectivity index (χ2n) is 7.78. The minimum absolute atomic E-state index is 0.192. The van der Waals surface area contributed by atoms with Crippen LogP contribution in [-0.4, -0.2) is 23.3 Å². The van der Waals surface area contributed by atoms with Gasteiger partial charge in [-0.15, -0.1) is 0 Å². The molecule has 6 heteroatoms. The molecule has 0 aliphatic rings. The van der Waals surface area contributed by atoms with Crippen molar-refractivity contribution < 1.29 is 13.9 Å². The number of nitrogens with zero attached hydrogens (tertiary/aromatic N) is 2. The molecule has 1 heterocycles. The molecule has 4 aromatic rings. The van der Waals surface area contributed by atoms with E-state index in [4.69, 9.17) is 4.74 Å². The second-order valence-corrected chi connectivity index (χ2v) is 7.78. The van der Waals surface area contributed by atoms with Gasteiger partial charge in [0.05, 0.1) is 19.2 Å². The van der Waals surface area contributed by atoms with E-state index in [9.17, 15) is 9.18 Å². The average molecular weight is 444 g/mol. The predicted octanol–water partition coefficient (Wildman–Crippen LogP) is 5.23. The zero-order chi connectivity index (χ0) is 23.2. The third kappa shape index (κ3) is 5.29. The molecule has 0 saturated carbocycles. The van der Waals surface area contributed by atoms with Crippen LogP contribution < -0.4 is 10.2 Å². The number of aromatic nitrogens is 1. The van der Waals surface area contributed by atoms with E-state index >= 15 is 0 Å². The highest BCUT2D eigenvalue weighted by Gasteiger charge is 2.13. The number of fused-ring (bicyclic) bond motifs is 1. The van der Waals surface area contributed by atoms with Crippen LogP contribution in [-0.2, 0) is 17.8 Å². The van der Waals surface area contributed by atoms with Crippen molar-refractivity contribution in [3.05, 3.63) is 101 Å². The smallest absolute Gasteiger partial charge is 0.244 e. The van der Waals surface area contributed by atoms with Crippen LogP contribution in [0, 0.1) is 12.7 Å². The van der Waals surface area contributed by atoms with Gasteiger partial charge < -0.3 is 9.30 Å². The van der Waals surface area contributed by atoms with Gasteiger partial charge in [0.15, 0.2) is 0 Å². The highest BCUT2D eigenvalue weighted by atomic mass is 19.1. The summed E-state index contributed by atoms with van der Waals surface area (Å²) >= 11 is 0. The molecule has 0 spiro atoms. The Labute approximate surface area is 192 Å². The Kier molecular flexibility index (Phi) is 6.83. The fraction of sp³-hybridized carbons (Fsp3) is 0.185. The lowest BCUT2D eigenvalue weighted by molar-refractivity contribution is -0.120. The minimum atomic E-state index is -0.248. The summed E-state index contributed by atoms with van der Waals surface area (Å²) in [7, 11) is 0. The van der Waals surface area contributed by atoms with E-state index in [1.165, 1.54) is 12.1 Å². The number of rotatable bonds is 8. The topological polar surface area (TPSA) is 55.6 Å². The fourth-order valence-electron chi connectivity index (χ4n) is 3.86. The van der Waals surface area contributed by atoms with Gasteiger partial charge in [0.25, 0.3) is 0 Å². The van der Waals surface area contributed by atoms with E-state index in [1.807, 2.05) is 62.4 Å². The monoisotopic (exact) mass is 443 g/mol. The lowest BCUT2D eigenvalue weighted by atomic mass is 10.1. The summed E-state index contributed by atoms with van der Waals surface area (Å²) < 4.78 is 20.9. The molecule has 1 aromatic heterocycles. The number of hydrogen-bond acceptors (Lipinski definition) is 3. The summed E-state index contributed by atoms with van der Waals surface area (Å²) in [5.41, 5.74) is 7.53. The Bertz CT molecular complexity index is 1280.